The number of aromatic nitrogens is 1. The number of hydrogen-bond donors (Lipinski definition) is 1. The number of nitro benzene ring substituents is 1. The zero-order valence-electron chi connectivity index (χ0n) is 15.6. The van der Waals surface area contributed by atoms with Gasteiger partial charge in [-0.05, 0) is 24.6 Å². The second kappa shape index (κ2) is 9.28. The lowest BCUT2D eigenvalue weighted by atomic mass is 10.2. The number of hydrogen-bond acceptors (Lipinski definition) is 7. The molecule has 1 aromatic carbocycles. The van der Waals surface area contributed by atoms with E-state index in [0.29, 0.717) is 23.1 Å². The van der Waals surface area contributed by atoms with Gasteiger partial charge in [-0.15, -0.1) is 0 Å². The second-order valence-corrected chi connectivity index (χ2v) is 7.43. The fraction of sp³-hybridized carbons (Fsp3) is 0.263. The van der Waals surface area contributed by atoms with E-state index in [-0.39, 0.29) is 18.0 Å². The van der Waals surface area contributed by atoms with Gasteiger partial charge in [-0.3, -0.25) is 29.6 Å². The number of non-ortho nitro benzene ring substituents is 1. The van der Waals surface area contributed by atoms with Crippen molar-refractivity contribution < 1.29 is 14.5 Å². The van der Waals surface area contributed by atoms with Crippen molar-refractivity contribution in [3.63, 3.8) is 0 Å². The van der Waals surface area contributed by atoms with Gasteiger partial charge in [-0.2, -0.15) is 0 Å². The number of nitrogens with one attached hydrogen (secondary N) is 1. The van der Waals surface area contributed by atoms with Crippen molar-refractivity contribution in [1.29, 1.82) is 0 Å². The van der Waals surface area contributed by atoms with Crippen LogP contribution >= 0.6 is 11.8 Å². The normalized spacial score (nSPS) is 17.6. The summed E-state index contributed by atoms with van der Waals surface area (Å²) in [7, 11) is 0. The van der Waals surface area contributed by atoms with Gasteiger partial charge in [-0.25, -0.2) is 4.99 Å². The Hall–Kier alpha value is -3.27. The van der Waals surface area contributed by atoms with Crippen LogP contribution in [0.3, 0.4) is 0 Å². The Kier molecular flexibility index (Phi) is 6.55. The molecule has 2 amide bonds. The summed E-state index contributed by atoms with van der Waals surface area (Å²) in [4.78, 5) is 45.6. The molecular formula is C19H19N5O4S. The van der Waals surface area contributed by atoms with Gasteiger partial charge < -0.3 is 5.32 Å². The maximum Gasteiger partial charge on any atom is 0.271 e. The first-order valence-electron chi connectivity index (χ1n) is 8.99. The number of nitro groups is 1. The van der Waals surface area contributed by atoms with E-state index in [4.69, 9.17) is 0 Å². The summed E-state index contributed by atoms with van der Waals surface area (Å²) in [6.45, 7) is 2.47. The lowest BCUT2D eigenvalue weighted by Crippen LogP contribution is -2.34. The SMILES string of the molecule is CCCN1C(=O)C(CC(=O)Nc2cccc([N+](=O)[O-])c2)SC1=Nc1cccnc1. The monoisotopic (exact) mass is 413 g/mol. The quantitative estimate of drug-likeness (QED) is 0.549. The van der Waals surface area contributed by atoms with E-state index in [0.717, 1.165) is 6.42 Å². The average molecular weight is 413 g/mol. The Morgan fingerprint density at radius 3 is 2.90 bits per heavy atom. The molecule has 2 aromatic rings. The van der Waals surface area contributed by atoms with Crippen molar-refractivity contribution in [2.75, 3.05) is 11.9 Å². The minimum Gasteiger partial charge on any atom is -0.326 e. The van der Waals surface area contributed by atoms with Crippen LogP contribution in [0.2, 0.25) is 0 Å². The van der Waals surface area contributed by atoms with E-state index in [9.17, 15) is 19.7 Å². The van der Waals surface area contributed by atoms with Gasteiger partial charge in [0.25, 0.3) is 5.69 Å². The van der Waals surface area contributed by atoms with Gasteiger partial charge in [-0.1, -0.05) is 24.8 Å². The number of carbonyl (C=O) groups excluding carboxylic acids is 2. The third kappa shape index (κ3) is 5.17. The zero-order valence-corrected chi connectivity index (χ0v) is 16.5. The minimum atomic E-state index is -0.601. The highest BCUT2D eigenvalue weighted by molar-refractivity contribution is 8.15. The molecule has 0 saturated carbocycles. The molecule has 150 valence electrons. The number of carbonyl (C=O) groups is 2. The van der Waals surface area contributed by atoms with E-state index in [1.54, 1.807) is 35.5 Å². The molecule has 1 aliphatic heterocycles. The van der Waals surface area contributed by atoms with Gasteiger partial charge in [0.05, 0.1) is 16.8 Å². The van der Waals surface area contributed by atoms with E-state index in [1.807, 2.05) is 6.92 Å². The summed E-state index contributed by atoms with van der Waals surface area (Å²) in [6.07, 6.45) is 3.94. The second-order valence-electron chi connectivity index (χ2n) is 6.26. The number of pyridine rings is 1. The molecule has 0 bridgehead atoms. The number of nitrogens with zero attached hydrogens (tertiary/aromatic N) is 4. The molecule has 1 atom stereocenters. The van der Waals surface area contributed by atoms with Gasteiger partial charge in [0.2, 0.25) is 11.8 Å². The van der Waals surface area contributed by atoms with Crippen LogP contribution in [0.1, 0.15) is 19.8 Å². The topological polar surface area (TPSA) is 118 Å². The predicted octanol–water partition coefficient (Wildman–Crippen LogP) is 3.36. The van der Waals surface area contributed by atoms with E-state index >= 15 is 0 Å². The molecule has 10 heteroatoms. The number of amidine groups is 1. The van der Waals surface area contributed by atoms with Crippen LogP contribution in [0.4, 0.5) is 17.1 Å². The van der Waals surface area contributed by atoms with Crippen LogP contribution in [0, 0.1) is 10.1 Å². The highest BCUT2D eigenvalue weighted by atomic mass is 32.2. The number of rotatable bonds is 7. The summed E-state index contributed by atoms with van der Waals surface area (Å²) in [5.74, 6) is -0.566. The first kappa shape index (κ1) is 20.5. The molecule has 1 unspecified atom stereocenters. The Morgan fingerprint density at radius 1 is 1.38 bits per heavy atom. The number of aliphatic imine (C=N–C) groups is 1. The molecule has 29 heavy (non-hydrogen) atoms. The molecule has 1 N–H and O–H groups in total. The summed E-state index contributed by atoms with van der Waals surface area (Å²) in [6, 6.07) is 9.22. The number of anilines is 1. The van der Waals surface area contributed by atoms with E-state index in [1.165, 1.54) is 30.0 Å². The lowest BCUT2D eigenvalue weighted by Gasteiger charge is -2.15. The molecular weight excluding hydrogens is 394 g/mol. The molecule has 0 radical (unpaired) electrons. The highest BCUT2D eigenvalue weighted by Gasteiger charge is 2.38. The van der Waals surface area contributed by atoms with Crippen LogP contribution in [0.25, 0.3) is 0 Å². The van der Waals surface area contributed by atoms with Crippen LogP contribution in [-0.2, 0) is 9.59 Å². The molecule has 1 fully saturated rings. The molecule has 1 aliphatic rings. The maximum atomic E-state index is 12.8. The Labute approximate surface area is 171 Å². The number of amides is 2. The lowest BCUT2D eigenvalue weighted by molar-refractivity contribution is -0.384. The molecule has 1 aromatic heterocycles. The first-order valence-corrected chi connectivity index (χ1v) is 9.87. The van der Waals surface area contributed by atoms with Gasteiger partial charge in [0.1, 0.15) is 5.25 Å². The van der Waals surface area contributed by atoms with Crippen molar-refractivity contribution in [2.24, 2.45) is 4.99 Å². The predicted molar refractivity (Wildman–Crippen MR) is 111 cm³/mol. The minimum absolute atomic E-state index is 0.0571. The fourth-order valence-electron chi connectivity index (χ4n) is 2.76. The summed E-state index contributed by atoms with van der Waals surface area (Å²) >= 11 is 1.24. The first-order chi connectivity index (χ1) is 14.0. The molecule has 0 spiro atoms. The summed E-state index contributed by atoms with van der Waals surface area (Å²) < 4.78 is 0. The average Bonchev–Trinajstić information content (AvgIpc) is 2.98. The van der Waals surface area contributed by atoms with Crippen molar-refractivity contribution in [3.8, 4) is 0 Å². The summed E-state index contributed by atoms with van der Waals surface area (Å²) in [5, 5.41) is 13.4. The van der Waals surface area contributed by atoms with Crippen molar-refractivity contribution in [3.05, 3.63) is 58.9 Å². The third-order valence-corrected chi connectivity index (χ3v) is 5.22. The Bertz CT molecular complexity index is 951. The molecule has 1 saturated heterocycles. The van der Waals surface area contributed by atoms with Crippen LogP contribution in [0.15, 0.2) is 53.8 Å². The van der Waals surface area contributed by atoms with Gasteiger partial charge >= 0.3 is 0 Å². The van der Waals surface area contributed by atoms with Crippen LogP contribution < -0.4 is 5.32 Å². The van der Waals surface area contributed by atoms with Crippen LogP contribution in [-0.4, -0.2) is 43.6 Å². The van der Waals surface area contributed by atoms with E-state index < -0.39 is 16.1 Å². The maximum absolute atomic E-state index is 12.8. The molecule has 3 rings (SSSR count). The third-order valence-electron chi connectivity index (χ3n) is 4.05. The smallest absolute Gasteiger partial charge is 0.271 e. The summed E-state index contributed by atoms with van der Waals surface area (Å²) in [5.41, 5.74) is 0.828. The fourth-order valence-corrected chi connectivity index (χ4v) is 3.95. The zero-order chi connectivity index (χ0) is 20.8. The molecule has 9 nitrogen and oxygen atoms in total. The van der Waals surface area contributed by atoms with Crippen molar-refractivity contribution in [1.82, 2.24) is 9.88 Å². The molecule has 0 aliphatic carbocycles. The standard InChI is InChI=1S/C19H19N5O4S/c1-2-9-23-18(26)16(29-19(23)22-14-6-4-8-20-12-14)11-17(25)21-13-5-3-7-15(10-13)24(27)28/h3-8,10,12,16H,2,9,11H2,1H3,(H,21,25). The van der Waals surface area contributed by atoms with Crippen LogP contribution in [0.5, 0.6) is 0 Å². The van der Waals surface area contributed by atoms with Gasteiger partial charge in [0.15, 0.2) is 5.17 Å². The van der Waals surface area contributed by atoms with E-state index in [2.05, 4.69) is 15.3 Å². The Balaban J connectivity index is 1.71. The van der Waals surface area contributed by atoms with Crippen molar-refractivity contribution >= 4 is 45.8 Å². The molecule has 2 heterocycles. The van der Waals surface area contributed by atoms with Gasteiger partial charge in [0, 0.05) is 37.0 Å². The Morgan fingerprint density at radius 2 is 2.21 bits per heavy atom. The number of benzene rings is 1. The highest BCUT2D eigenvalue weighted by Crippen LogP contribution is 2.32. The number of thioether (sulfide) groups is 1. The largest absolute Gasteiger partial charge is 0.326 e. The van der Waals surface area contributed by atoms with Crippen molar-refractivity contribution in [2.45, 2.75) is 25.0 Å².